The van der Waals surface area contributed by atoms with Gasteiger partial charge in [0.1, 0.15) is 0 Å². The predicted molar refractivity (Wildman–Crippen MR) is 46.5 cm³/mol. The van der Waals surface area contributed by atoms with Crippen LogP contribution in [0.1, 0.15) is 34.1 Å². The van der Waals surface area contributed by atoms with Crippen molar-refractivity contribution >= 4 is 0 Å². The molecule has 2 nitrogen and oxygen atoms in total. The molecule has 1 aliphatic heterocycles. The average Bonchev–Trinajstić information content (AvgIpc) is 1.99. The second-order valence-electron chi connectivity index (χ2n) is 4.81. The Morgan fingerprint density at radius 1 is 1.36 bits per heavy atom. The monoisotopic (exact) mass is 157 g/mol. The molecule has 1 fully saturated rings. The minimum atomic E-state index is 0.0955. The molecule has 1 unspecified atom stereocenters. The van der Waals surface area contributed by atoms with Crippen molar-refractivity contribution in [3.63, 3.8) is 0 Å². The first-order chi connectivity index (χ1) is 4.87. The van der Waals surface area contributed by atoms with Gasteiger partial charge in [-0.2, -0.15) is 0 Å². The third kappa shape index (κ3) is 1.74. The number of hydrogen-bond donors (Lipinski definition) is 2. The van der Waals surface area contributed by atoms with E-state index in [-0.39, 0.29) is 11.1 Å². The maximum absolute atomic E-state index is 9.09. The Bertz CT molecular complexity index is 152. The Kier molecular flexibility index (Phi) is 2.01. The van der Waals surface area contributed by atoms with Crippen LogP contribution < -0.4 is 5.32 Å². The molecule has 1 rings (SSSR count). The summed E-state index contributed by atoms with van der Waals surface area (Å²) >= 11 is 0. The molecular formula is C9H19NO. The van der Waals surface area contributed by atoms with Crippen molar-refractivity contribution in [3.8, 4) is 0 Å². The van der Waals surface area contributed by atoms with Gasteiger partial charge in [-0.3, -0.25) is 0 Å². The van der Waals surface area contributed by atoms with E-state index < -0.39 is 0 Å². The van der Waals surface area contributed by atoms with Crippen LogP contribution >= 0.6 is 0 Å². The van der Waals surface area contributed by atoms with Gasteiger partial charge >= 0.3 is 0 Å². The Hall–Kier alpha value is -0.0800. The molecule has 66 valence electrons. The molecule has 2 N–H and O–H groups in total. The summed E-state index contributed by atoms with van der Waals surface area (Å²) in [7, 11) is 0. The Labute approximate surface area is 69.0 Å². The summed E-state index contributed by atoms with van der Waals surface area (Å²) < 4.78 is 0. The fourth-order valence-corrected chi connectivity index (χ4v) is 2.19. The van der Waals surface area contributed by atoms with E-state index in [1.165, 1.54) is 0 Å². The molecular weight excluding hydrogens is 138 g/mol. The molecule has 0 spiro atoms. The number of aliphatic hydroxyl groups excluding tert-OH is 1. The first kappa shape index (κ1) is 9.01. The zero-order valence-electron chi connectivity index (χ0n) is 7.94. The molecule has 0 aromatic carbocycles. The molecule has 0 amide bonds. The van der Waals surface area contributed by atoms with Crippen LogP contribution in [0.5, 0.6) is 0 Å². The maximum atomic E-state index is 9.09. The Morgan fingerprint density at radius 3 is 2.09 bits per heavy atom. The van der Waals surface area contributed by atoms with Gasteiger partial charge in [-0.1, -0.05) is 0 Å². The van der Waals surface area contributed by atoms with Gasteiger partial charge in [0.15, 0.2) is 0 Å². The van der Waals surface area contributed by atoms with Crippen LogP contribution in [0.2, 0.25) is 0 Å². The smallest absolute Gasteiger partial charge is 0.0477 e. The average molecular weight is 157 g/mol. The van der Waals surface area contributed by atoms with Crippen LogP contribution in [-0.4, -0.2) is 22.8 Å². The van der Waals surface area contributed by atoms with Crippen molar-refractivity contribution in [2.24, 2.45) is 5.92 Å². The van der Waals surface area contributed by atoms with Gasteiger partial charge in [0.2, 0.25) is 0 Å². The van der Waals surface area contributed by atoms with E-state index in [9.17, 15) is 0 Å². The van der Waals surface area contributed by atoms with Crippen LogP contribution in [0.3, 0.4) is 0 Å². The molecule has 0 aromatic rings. The van der Waals surface area contributed by atoms with Gasteiger partial charge in [0.25, 0.3) is 0 Å². The molecule has 1 saturated heterocycles. The summed E-state index contributed by atoms with van der Waals surface area (Å²) in [5.41, 5.74) is 0.287. The second-order valence-corrected chi connectivity index (χ2v) is 4.81. The predicted octanol–water partition coefficient (Wildman–Crippen LogP) is 1.15. The van der Waals surface area contributed by atoms with Crippen LogP contribution in [-0.2, 0) is 0 Å². The summed E-state index contributed by atoms with van der Waals surface area (Å²) in [6, 6.07) is 0. The van der Waals surface area contributed by atoms with Gasteiger partial charge in [0, 0.05) is 23.6 Å². The van der Waals surface area contributed by atoms with Crippen molar-refractivity contribution < 1.29 is 5.11 Å². The van der Waals surface area contributed by atoms with E-state index in [0.29, 0.717) is 12.5 Å². The fourth-order valence-electron chi connectivity index (χ4n) is 2.19. The third-order valence-corrected chi connectivity index (χ3v) is 2.66. The highest BCUT2D eigenvalue weighted by molar-refractivity contribution is 5.02. The molecule has 0 bridgehead atoms. The van der Waals surface area contributed by atoms with Crippen LogP contribution in [0.15, 0.2) is 0 Å². The first-order valence-corrected chi connectivity index (χ1v) is 4.27. The van der Waals surface area contributed by atoms with Gasteiger partial charge in [-0.15, -0.1) is 0 Å². The van der Waals surface area contributed by atoms with Crippen LogP contribution in [0, 0.1) is 5.92 Å². The normalized spacial score (nSPS) is 34.1. The highest BCUT2D eigenvalue weighted by Gasteiger charge is 2.43. The fraction of sp³-hybridized carbons (Fsp3) is 1.00. The van der Waals surface area contributed by atoms with Crippen molar-refractivity contribution in [1.82, 2.24) is 5.32 Å². The topological polar surface area (TPSA) is 32.3 Å². The van der Waals surface area contributed by atoms with Crippen molar-refractivity contribution in [2.45, 2.75) is 45.2 Å². The highest BCUT2D eigenvalue weighted by atomic mass is 16.3. The molecule has 0 saturated carbocycles. The molecule has 1 atom stereocenters. The molecule has 1 aliphatic rings. The van der Waals surface area contributed by atoms with Crippen LogP contribution in [0.4, 0.5) is 0 Å². The van der Waals surface area contributed by atoms with E-state index in [4.69, 9.17) is 5.11 Å². The standard InChI is InChI=1S/C9H19NO/c1-8(2)5-7(6-11)9(3,4)10-8/h7,10-11H,5-6H2,1-4H3. The molecule has 0 aromatic heterocycles. The van der Waals surface area contributed by atoms with Crippen molar-refractivity contribution in [3.05, 3.63) is 0 Å². The molecule has 2 heteroatoms. The molecule has 0 aliphatic carbocycles. The zero-order chi connectivity index (χ0) is 8.70. The van der Waals surface area contributed by atoms with E-state index in [1.807, 2.05) is 0 Å². The summed E-state index contributed by atoms with van der Waals surface area (Å²) in [4.78, 5) is 0. The Balaban J connectivity index is 2.71. The summed E-state index contributed by atoms with van der Waals surface area (Å²) in [5.74, 6) is 0.400. The minimum Gasteiger partial charge on any atom is -0.396 e. The van der Waals surface area contributed by atoms with Crippen molar-refractivity contribution in [1.29, 1.82) is 0 Å². The minimum absolute atomic E-state index is 0.0955. The number of rotatable bonds is 1. The second kappa shape index (κ2) is 2.46. The first-order valence-electron chi connectivity index (χ1n) is 4.27. The summed E-state index contributed by atoms with van der Waals surface area (Å²) in [6.07, 6.45) is 1.07. The van der Waals surface area contributed by atoms with Gasteiger partial charge in [0.05, 0.1) is 0 Å². The van der Waals surface area contributed by atoms with Crippen molar-refractivity contribution in [2.75, 3.05) is 6.61 Å². The van der Waals surface area contributed by atoms with E-state index in [2.05, 4.69) is 33.0 Å². The molecule has 1 heterocycles. The quantitative estimate of drug-likeness (QED) is 0.598. The van der Waals surface area contributed by atoms with Gasteiger partial charge in [-0.05, 0) is 34.1 Å². The molecule has 11 heavy (non-hydrogen) atoms. The zero-order valence-corrected chi connectivity index (χ0v) is 7.94. The molecule has 0 radical (unpaired) electrons. The van der Waals surface area contributed by atoms with Gasteiger partial charge < -0.3 is 10.4 Å². The summed E-state index contributed by atoms with van der Waals surface area (Å²) in [5, 5.41) is 12.6. The lowest BCUT2D eigenvalue weighted by molar-refractivity contribution is 0.181. The summed E-state index contributed by atoms with van der Waals surface area (Å²) in [6.45, 7) is 8.98. The lowest BCUT2D eigenvalue weighted by atomic mass is 9.88. The lowest BCUT2D eigenvalue weighted by Gasteiger charge is -2.27. The van der Waals surface area contributed by atoms with Gasteiger partial charge in [-0.25, -0.2) is 0 Å². The SMILES string of the molecule is CC1(C)CC(CO)C(C)(C)N1. The third-order valence-electron chi connectivity index (χ3n) is 2.66. The van der Waals surface area contributed by atoms with E-state index in [1.54, 1.807) is 0 Å². The highest BCUT2D eigenvalue weighted by Crippen LogP contribution is 2.34. The van der Waals surface area contributed by atoms with E-state index >= 15 is 0 Å². The van der Waals surface area contributed by atoms with E-state index in [0.717, 1.165) is 6.42 Å². The largest absolute Gasteiger partial charge is 0.396 e. The Morgan fingerprint density at radius 2 is 1.91 bits per heavy atom. The maximum Gasteiger partial charge on any atom is 0.0477 e. The number of aliphatic hydroxyl groups is 1. The number of nitrogens with one attached hydrogen (secondary N) is 1. The lowest BCUT2D eigenvalue weighted by Crippen LogP contribution is -2.45. The number of hydrogen-bond acceptors (Lipinski definition) is 2. The van der Waals surface area contributed by atoms with Crippen LogP contribution in [0.25, 0.3) is 0 Å².